The molecular weight excluding hydrogens is 344 g/mol. The quantitative estimate of drug-likeness (QED) is 0.705. The highest BCUT2D eigenvalue weighted by Crippen LogP contribution is 2.28. The summed E-state index contributed by atoms with van der Waals surface area (Å²) >= 11 is 0. The van der Waals surface area contributed by atoms with Crippen LogP contribution in [0.2, 0.25) is 0 Å². The molecule has 7 nitrogen and oxygen atoms in total. The van der Waals surface area contributed by atoms with E-state index in [0.29, 0.717) is 25.0 Å². The van der Waals surface area contributed by atoms with Crippen LogP contribution in [0.25, 0.3) is 0 Å². The fourth-order valence-electron chi connectivity index (χ4n) is 4.66. The Morgan fingerprint density at radius 3 is 2.37 bits per heavy atom. The SMILES string of the molecule is CN(C)C(CNC(=O)N1CCCC(N(C)CC(=O)O)CC1)C1CCCCC1. The Bertz CT molecular complexity index is 480. The molecule has 27 heavy (non-hydrogen) atoms. The van der Waals surface area contributed by atoms with Gasteiger partial charge in [0.25, 0.3) is 0 Å². The van der Waals surface area contributed by atoms with Gasteiger partial charge in [-0.2, -0.15) is 0 Å². The Labute approximate surface area is 164 Å². The Kier molecular flexibility index (Phi) is 8.83. The van der Waals surface area contributed by atoms with Gasteiger partial charge in [-0.05, 0) is 59.2 Å². The second-order valence-corrected chi connectivity index (χ2v) is 8.50. The predicted molar refractivity (Wildman–Crippen MR) is 107 cm³/mol. The van der Waals surface area contributed by atoms with Crippen LogP contribution in [-0.4, -0.2) is 91.2 Å². The van der Waals surface area contributed by atoms with Crippen LogP contribution >= 0.6 is 0 Å². The van der Waals surface area contributed by atoms with Crippen molar-refractivity contribution in [2.75, 3.05) is 47.3 Å². The standard InChI is InChI=1S/C20H38N4O3/c1-22(2)18(16-8-5-4-6-9-16)14-21-20(27)24-12-7-10-17(11-13-24)23(3)15-19(25)26/h16-18H,4-15H2,1-3H3,(H,21,27)(H,25,26). The minimum absolute atomic E-state index is 0.0270. The Balaban J connectivity index is 1.81. The molecule has 2 unspecified atom stereocenters. The fraction of sp³-hybridized carbons (Fsp3) is 0.900. The molecule has 0 spiro atoms. The largest absolute Gasteiger partial charge is 0.480 e. The van der Waals surface area contributed by atoms with E-state index >= 15 is 0 Å². The lowest BCUT2D eigenvalue weighted by Gasteiger charge is -2.35. The summed E-state index contributed by atoms with van der Waals surface area (Å²) in [5.74, 6) is -0.124. The molecule has 2 atom stereocenters. The van der Waals surface area contributed by atoms with Crippen molar-refractivity contribution < 1.29 is 14.7 Å². The van der Waals surface area contributed by atoms with Crippen LogP contribution in [-0.2, 0) is 4.79 Å². The van der Waals surface area contributed by atoms with Gasteiger partial charge in [0.2, 0.25) is 0 Å². The van der Waals surface area contributed by atoms with Gasteiger partial charge in [0, 0.05) is 31.7 Å². The number of nitrogens with zero attached hydrogens (tertiary/aromatic N) is 3. The first-order valence-electron chi connectivity index (χ1n) is 10.5. The van der Waals surface area contributed by atoms with E-state index in [9.17, 15) is 9.59 Å². The highest BCUT2D eigenvalue weighted by Gasteiger charge is 2.27. The average molecular weight is 383 g/mol. The number of likely N-dealkylation sites (tertiary alicyclic amines) is 1. The lowest BCUT2D eigenvalue weighted by atomic mass is 9.83. The zero-order chi connectivity index (χ0) is 19.8. The topological polar surface area (TPSA) is 76.1 Å². The first kappa shape index (κ1) is 22.0. The number of carboxylic acid groups (broad SMARTS) is 1. The van der Waals surface area contributed by atoms with Crippen LogP contribution in [0.4, 0.5) is 4.79 Å². The predicted octanol–water partition coefficient (Wildman–Crippen LogP) is 2.08. The molecule has 1 heterocycles. The molecule has 2 rings (SSSR count). The van der Waals surface area contributed by atoms with E-state index in [1.54, 1.807) is 0 Å². The number of aliphatic carboxylic acids is 1. The average Bonchev–Trinajstić information content (AvgIpc) is 2.88. The number of carbonyl (C=O) groups excluding carboxylic acids is 1. The van der Waals surface area contributed by atoms with Gasteiger partial charge in [0.05, 0.1) is 6.54 Å². The molecule has 156 valence electrons. The molecule has 2 fully saturated rings. The molecule has 1 saturated heterocycles. The third kappa shape index (κ3) is 6.96. The smallest absolute Gasteiger partial charge is 0.317 e. The molecule has 2 amide bonds. The van der Waals surface area contributed by atoms with E-state index in [-0.39, 0.29) is 18.6 Å². The van der Waals surface area contributed by atoms with E-state index in [1.165, 1.54) is 32.1 Å². The highest BCUT2D eigenvalue weighted by molar-refractivity contribution is 5.74. The van der Waals surface area contributed by atoms with Crippen molar-refractivity contribution >= 4 is 12.0 Å². The van der Waals surface area contributed by atoms with Crippen LogP contribution in [0.1, 0.15) is 51.4 Å². The molecule has 0 radical (unpaired) electrons. The number of nitrogens with one attached hydrogen (secondary N) is 1. The minimum atomic E-state index is -0.797. The van der Waals surface area contributed by atoms with Gasteiger partial charge >= 0.3 is 12.0 Å². The highest BCUT2D eigenvalue weighted by atomic mass is 16.4. The number of rotatable bonds is 7. The van der Waals surface area contributed by atoms with Crippen LogP contribution in [0, 0.1) is 5.92 Å². The molecule has 1 saturated carbocycles. The fourth-order valence-corrected chi connectivity index (χ4v) is 4.66. The molecule has 0 aromatic heterocycles. The Morgan fingerprint density at radius 2 is 1.74 bits per heavy atom. The summed E-state index contributed by atoms with van der Waals surface area (Å²) in [5.41, 5.74) is 0. The number of hydrogen-bond acceptors (Lipinski definition) is 4. The van der Waals surface area contributed by atoms with Crippen LogP contribution in [0.5, 0.6) is 0 Å². The van der Waals surface area contributed by atoms with Gasteiger partial charge in [-0.15, -0.1) is 0 Å². The molecule has 2 aliphatic rings. The third-order valence-corrected chi connectivity index (χ3v) is 6.31. The lowest BCUT2D eigenvalue weighted by molar-refractivity contribution is -0.138. The molecule has 7 heteroatoms. The molecule has 0 aromatic carbocycles. The van der Waals surface area contributed by atoms with Gasteiger partial charge in [0.15, 0.2) is 0 Å². The maximum absolute atomic E-state index is 12.7. The van der Waals surface area contributed by atoms with Crippen molar-refractivity contribution in [3.8, 4) is 0 Å². The third-order valence-electron chi connectivity index (χ3n) is 6.31. The summed E-state index contributed by atoms with van der Waals surface area (Å²) in [6.45, 7) is 2.20. The molecular formula is C20H38N4O3. The Morgan fingerprint density at radius 1 is 1.04 bits per heavy atom. The maximum Gasteiger partial charge on any atom is 0.317 e. The van der Waals surface area contributed by atoms with Gasteiger partial charge in [-0.25, -0.2) is 4.79 Å². The maximum atomic E-state index is 12.7. The summed E-state index contributed by atoms with van der Waals surface area (Å²) in [6, 6.07) is 0.658. The van der Waals surface area contributed by atoms with E-state index in [0.717, 1.165) is 25.8 Å². The minimum Gasteiger partial charge on any atom is -0.480 e. The van der Waals surface area contributed by atoms with E-state index < -0.39 is 5.97 Å². The number of carboxylic acids is 1. The first-order valence-corrected chi connectivity index (χ1v) is 10.5. The number of carbonyl (C=O) groups is 2. The van der Waals surface area contributed by atoms with Gasteiger partial charge in [0.1, 0.15) is 0 Å². The van der Waals surface area contributed by atoms with Crippen molar-refractivity contribution in [2.24, 2.45) is 5.92 Å². The zero-order valence-corrected chi connectivity index (χ0v) is 17.3. The second kappa shape index (κ2) is 10.9. The lowest BCUT2D eigenvalue weighted by Crippen LogP contribution is -2.49. The van der Waals surface area contributed by atoms with Crippen LogP contribution < -0.4 is 5.32 Å². The van der Waals surface area contributed by atoms with Crippen molar-refractivity contribution in [3.05, 3.63) is 0 Å². The number of hydrogen-bond donors (Lipinski definition) is 2. The monoisotopic (exact) mass is 382 g/mol. The molecule has 0 aromatic rings. The first-order chi connectivity index (χ1) is 12.9. The molecule has 0 bridgehead atoms. The molecule has 2 N–H and O–H groups in total. The summed E-state index contributed by atoms with van der Waals surface area (Å²) in [5, 5.41) is 12.2. The molecule has 1 aliphatic heterocycles. The number of urea groups is 1. The van der Waals surface area contributed by atoms with Crippen LogP contribution in [0.15, 0.2) is 0 Å². The van der Waals surface area contributed by atoms with Crippen LogP contribution in [0.3, 0.4) is 0 Å². The van der Waals surface area contributed by atoms with Gasteiger partial charge in [-0.1, -0.05) is 19.3 Å². The summed E-state index contributed by atoms with van der Waals surface area (Å²) < 4.78 is 0. The number of likely N-dealkylation sites (N-methyl/N-ethyl adjacent to an activating group) is 2. The van der Waals surface area contributed by atoms with E-state index in [1.807, 2.05) is 16.8 Å². The van der Waals surface area contributed by atoms with Crippen molar-refractivity contribution in [2.45, 2.75) is 63.5 Å². The van der Waals surface area contributed by atoms with Crippen molar-refractivity contribution in [1.82, 2.24) is 20.0 Å². The van der Waals surface area contributed by atoms with E-state index in [4.69, 9.17) is 5.11 Å². The van der Waals surface area contributed by atoms with Crippen molar-refractivity contribution in [3.63, 3.8) is 0 Å². The van der Waals surface area contributed by atoms with Crippen molar-refractivity contribution in [1.29, 1.82) is 0 Å². The normalized spacial score (nSPS) is 23.3. The zero-order valence-electron chi connectivity index (χ0n) is 17.3. The van der Waals surface area contributed by atoms with Gasteiger partial charge in [-0.3, -0.25) is 9.69 Å². The van der Waals surface area contributed by atoms with Gasteiger partial charge < -0.3 is 20.2 Å². The summed E-state index contributed by atoms with van der Waals surface area (Å²) in [7, 11) is 6.08. The summed E-state index contributed by atoms with van der Waals surface area (Å²) in [4.78, 5) is 29.7. The Hall–Kier alpha value is -1.34. The van der Waals surface area contributed by atoms with E-state index in [2.05, 4.69) is 24.3 Å². The number of amides is 2. The summed E-state index contributed by atoms with van der Waals surface area (Å²) in [6.07, 6.45) is 9.17. The second-order valence-electron chi connectivity index (χ2n) is 8.50. The molecule has 1 aliphatic carbocycles.